The maximum Gasteiger partial charge on any atom is 0.290 e. The Balaban J connectivity index is 1.81. The number of hydrogen-bond acceptors (Lipinski definition) is 5. The van der Waals surface area contributed by atoms with Crippen LogP contribution in [-0.2, 0) is 19.9 Å². The van der Waals surface area contributed by atoms with Gasteiger partial charge in [0, 0.05) is 26.4 Å². The normalized spacial score (nSPS) is 10.6. The molecule has 0 saturated heterocycles. The summed E-state index contributed by atoms with van der Waals surface area (Å²) in [5.74, 6) is 1.27. The van der Waals surface area contributed by atoms with Crippen LogP contribution in [0, 0.1) is 0 Å². The van der Waals surface area contributed by atoms with E-state index in [1.807, 2.05) is 6.92 Å². The highest BCUT2D eigenvalue weighted by Crippen LogP contribution is 1.94. The van der Waals surface area contributed by atoms with Gasteiger partial charge in [-0.1, -0.05) is 6.92 Å². The van der Waals surface area contributed by atoms with Gasteiger partial charge in [-0.3, -0.25) is 14.6 Å². The Bertz CT molecular complexity index is 530. The molecule has 0 fully saturated rings. The van der Waals surface area contributed by atoms with Gasteiger partial charge in [-0.15, -0.1) is 5.10 Å². The van der Waals surface area contributed by atoms with Crippen LogP contribution in [0.3, 0.4) is 0 Å². The third-order valence-electron chi connectivity index (χ3n) is 2.35. The number of nitrogens with zero attached hydrogens (tertiary/aromatic N) is 5. The predicted molar refractivity (Wildman–Crippen MR) is 62.8 cm³/mol. The molecule has 0 unspecified atom stereocenters. The molecular weight excluding hydrogens is 234 g/mol. The summed E-state index contributed by atoms with van der Waals surface area (Å²) in [7, 11) is 1.80. The van der Waals surface area contributed by atoms with Gasteiger partial charge in [-0.25, -0.2) is 9.97 Å². The molecule has 0 bridgehead atoms. The number of carbonyl (C=O) groups is 1. The minimum absolute atomic E-state index is 0.167. The number of amides is 1. The molecule has 0 aliphatic carbocycles. The maximum absolute atomic E-state index is 11.7. The summed E-state index contributed by atoms with van der Waals surface area (Å²) in [5, 5.41) is 13.4. The molecule has 2 heterocycles. The molecule has 0 aromatic carbocycles. The highest BCUT2D eigenvalue weighted by atomic mass is 16.2. The Morgan fingerprint density at radius 3 is 3.00 bits per heavy atom. The second-order valence-corrected chi connectivity index (χ2v) is 3.80. The number of rotatable bonds is 5. The maximum atomic E-state index is 11.7. The molecule has 2 aromatic rings. The lowest BCUT2D eigenvalue weighted by molar-refractivity contribution is 0.0944. The van der Waals surface area contributed by atoms with Crippen molar-refractivity contribution in [3.63, 3.8) is 0 Å². The highest BCUT2D eigenvalue weighted by molar-refractivity contribution is 5.90. The van der Waals surface area contributed by atoms with Gasteiger partial charge in [-0.2, -0.15) is 5.10 Å². The average Bonchev–Trinajstić information content (AvgIpc) is 2.98. The Kier molecular flexibility index (Phi) is 3.66. The summed E-state index contributed by atoms with van der Waals surface area (Å²) in [6.07, 6.45) is 2.93. The lowest BCUT2D eigenvalue weighted by Crippen LogP contribution is -2.27. The first kappa shape index (κ1) is 12.2. The summed E-state index contributed by atoms with van der Waals surface area (Å²) in [4.78, 5) is 19.8. The molecule has 0 atom stereocenters. The lowest BCUT2D eigenvalue weighted by atomic mass is 10.4. The zero-order valence-corrected chi connectivity index (χ0v) is 10.3. The van der Waals surface area contributed by atoms with Crippen LogP contribution in [0.2, 0.25) is 0 Å². The van der Waals surface area contributed by atoms with E-state index in [4.69, 9.17) is 0 Å². The molecule has 96 valence electrons. The van der Waals surface area contributed by atoms with Gasteiger partial charge < -0.3 is 5.32 Å². The van der Waals surface area contributed by atoms with E-state index in [-0.39, 0.29) is 11.7 Å². The minimum atomic E-state index is -0.290. The molecule has 2 rings (SSSR count). The predicted octanol–water partition coefficient (Wildman–Crippen LogP) is -0.532. The topological polar surface area (TPSA) is 101 Å². The van der Waals surface area contributed by atoms with Gasteiger partial charge >= 0.3 is 0 Å². The number of aromatic nitrogens is 6. The van der Waals surface area contributed by atoms with Crippen LogP contribution in [0.5, 0.6) is 0 Å². The first-order chi connectivity index (χ1) is 8.69. The van der Waals surface area contributed by atoms with E-state index in [9.17, 15) is 4.79 Å². The summed E-state index contributed by atoms with van der Waals surface area (Å²) >= 11 is 0. The lowest BCUT2D eigenvalue weighted by Gasteiger charge is -1.99. The molecule has 1 amide bonds. The fourth-order valence-corrected chi connectivity index (χ4v) is 1.42. The number of H-pyrrole nitrogens is 1. The SMILES string of the molecule is CCc1nc(C(=O)NCCc2ncn(C)n2)n[nH]1. The average molecular weight is 249 g/mol. The van der Waals surface area contributed by atoms with Crippen LogP contribution in [0.4, 0.5) is 0 Å². The van der Waals surface area contributed by atoms with Crippen molar-refractivity contribution in [3.05, 3.63) is 23.8 Å². The Morgan fingerprint density at radius 1 is 1.56 bits per heavy atom. The summed E-state index contributed by atoms with van der Waals surface area (Å²) in [6, 6.07) is 0. The second-order valence-electron chi connectivity index (χ2n) is 3.80. The van der Waals surface area contributed by atoms with E-state index < -0.39 is 0 Å². The quantitative estimate of drug-likeness (QED) is 0.741. The van der Waals surface area contributed by atoms with E-state index >= 15 is 0 Å². The molecular formula is C10H15N7O. The number of nitrogens with one attached hydrogen (secondary N) is 2. The monoisotopic (exact) mass is 249 g/mol. The van der Waals surface area contributed by atoms with Crippen molar-refractivity contribution >= 4 is 5.91 Å². The van der Waals surface area contributed by atoms with Crippen molar-refractivity contribution in [1.82, 2.24) is 35.3 Å². The second kappa shape index (κ2) is 5.39. The molecule has 0 radical (unpaired) electrons. The summed E-state index contributed by atoms with van der Waals surface area (Å²) in [6.45, 7) is 2.40. The van der Waals surface area contributed by atoms with Crippen molar-refractivity contribution in [1.29, 1.82) is 0 Å². The first-order valence-electron chi connectivity index (χ1n) is 5.73. The number of aryl methyl sites for hydroxylation is 2. The number of carbonyl (C=O) groups excluding carboxylic acids is 1. The largest absolute Gasteiger partial charge is 0.349 e. The summed E-state index contributed by atoms with van der Waals surface area (Å²) in [5.41, 5.74) is 0. The van der Waals surface area contributed by atoms with Crippen LogP contribution in [0.25, 0.3) is 0 Å². The molecule has 2 aromatic heterocycles. The molecule has 0 aliphatic heterocycles. The van der Waals surface area contributed by atoms with Gasteiger partial charge in [-0.05, 0) is 0 Å². The number of aromatic amines is 1. The van der Waals surface area contributed by atoms with Gasteiger partial charge in [0.15, 0.2) is 5.82 Å². The fourth-order valence-electron chi connectivity index (χ4n) is 1.42. The number of hydrogen-bond donors (Lipinski definition) is 2. The Morgan fingerprint density at radius 2 is 2.39 bits per heavy atom. The van der Waals surface area contributed by atoms with Crippen molar-refractivity contribution in [2.24, 2.45) is 7.05 Å². The van der Waals surface area contributed by atoms with Gasteiger partial charge in [0.05, 0.1) is 0 Å². The van der Waals surface area contributed by atoms with E-state index in [0.717, 1.165) is 6.42 Å². The molecule has 8 heteroatoms. The molecule has 8 nitrogen and oxygen atoms in total. The third kappa shape index (κ3) is 2.90. The van der Waals surface area contributed by atoms with Crippen LogP contribution in [-0.4, -0.2) is 42.4 Å². The fraction of sp³-hybridized carbons (Fsp3) is 0.500. The van der Waals surface area contributed by atoms with Crippen molar-refractivity contribution in [2.45, 2.75) is 19.8 Å². The third-order valence-corrected chi connectivity index (χ3v) is 2.35. The van der Waals surface area contributed by atoms with Crippen molar-refractivity contribution < 1.29 is 4.79 Å². The van der Waals surface area contributed by atoms with Crippen LogP contribution < -0.4 is 5.32 Å². The summed E-state index contributed by atoms with van der Waals surface area (Å²) < 4.78 is 1.62. The van der Waals surface area contributed by atoms with Gasteiger partial charge in [0.1, 0.15) is 12.2 Å². The Labute approximate surface area is 104 Å². The van der Waals surface area contributed by atoms with Gasteiger partial charge in [0.25, 0.3) is 5.91 Å². The molecule has 0 spiro atoms. The smallest absolute Gasteiger partial charge is 0.290 e. The van der Waals surface area contributed by atoms with Crippen LogP contribution >= 0.6 is 0 Å². The zero-order valence-electron chi connectivity index (χ0n) is 10.3. The molecule has 0 saturated carbocycles. The molecule has 0 aliphatic rings. The zero-order chi connectivity index (χ0) is 13.0. The van der Waals surface area contributed by atoms with Crippen molar-refractivity contribution in [2.75, 3.05) is 6.54 Å². The molecule has 2 N–H and O–H groups in total. The highest BCUT2D eigenvalue weighted by Gasteiger charge is 2.11. The van der Waals surface area contributed by atoms with E-state index in [1.54, 1.807) is 18.1 Å². The van der Waals surface area contributed by atoms with Crippen LogP contribution in [0.1, 0.15) is 29.2 Å². The van der Waals surface area contributed by atoms with Crippen molar-refractivity contribution in [3.8, 4) is 0 Å². The van der Waals surface area contributed by atoms with E-state index in [2.05, 4.69) is 30.6 Å². The minimum Gasteiger partial charge on any atom is -0.349 e. The Hall–Kier alpha value is -2.25. The van der Waals surface area contributed by atoms with Crippen LogP contribution in [0.15, 0.2) is 6.33 Å². The standard InChI is InChI=1S/C10H15N7O/c1-3-7-13-9(15-14-7)10(18)11-5-4-8-12-6-17(2)16-8/h6H,3-5H2,1-2H3,(H,11,18)(H,13,14,15). The van der Waals surface area contributed by atoms with E-state index in [0.29, 0.717) is 24.6 Å². The van der Waals surface area contributed by atoms with E-state index in [1.165, 1.54) is 0 Å². The first-order valence-corrected chi connectivity index (χ1v) is 5.73. The molecule has 18 heavy (non-hydrogen) atoms. The van der Waals surface area contributed by atoms with Gasteiger partial charge in [0.2, 0.25) is 5.82 Å².